The lowest BCUT2D eigenvalue weighted by atomic mass is 10.1. The molecule has 2 heterocycles. The number of hydrogen-bond donors (Lipinski definition) is 1. The fourth-order valence-corrected chi connectivity index (χ4v) is 3.32. The number of anilines is 1. The van der Waals surface area contributed by atoms with E-state index in [1.165, 1.54) is 12.8 Å². The van der Waals surface area contributed by atoms with E-state index in [0.29, 0.717) is 6.10 Å². The maximum Gasteiger partial charge on any atom is 0.0669 e. The van der Waals surface area contributed by atoms with Crippen molar-refractivity contribution in [2.24, 2.45) is 0 Å². The molecule has 0 aliphatic carbocycles. The van der Waals surface area contributed by atoms with Gasteiger partial charge in [0.05, 0.1) is 11.8 Å². The molecule has 0 amide bonds. The van der Waals surface area contributed by atoms with Crippen LogP contribution in [0.25, 0.3) is 10.8 Å². The molecule has 2 N–H and O–H groups in total. The van der Waals surface area contributed by atoms with Gasteiger partial charge in [0, 0.05) is 40.4 Å². The second kappa shape index (κ2) is 5.16. The molecule has 94 valence electrons. The van der Waals surface area contributed by atoms with Crippen LogP contribution in [-0.2, 0) is 4.74 Å². The van der Waals surface area contributed by atoms with E-state index in [4.69, 9.17) is 10.5 Å². The van der Waals surface area contributed by atoms with E-state index < -0.39 is 0 Å². The molecule has 0 saturated carbocycles. The van der Waals surface area contributed by atoms with Crippen LogP contribution in [0.2, 0.25) is 0 Å². The van der Waals surface area contributed by atoms with Crippen LogP contribution in [0.4, 0.5) is 5.69 Å². The van der Waals surface area contributed by atoms with Crippen molar-refractivity contribution < 1.29 is 4.74 Å². The Morgan fingerprint density at radius 3 is 3.17 bits per heavy atom. The molecule has 2 aromatic rings. The average molecular weight is 260 g/mol. The Kier molecular flexibility index (Phi) is 3.39. The zero-order chi connectivity index (χ0) is 12.4. The molecule has 3 rings (SSSR count). The molecule has 1 unspecified atom stereocenters. The predicted molar refractivity (Wildman–Crippen MR) is 75.9 cm³/mol. The monoisotopic (exact) mass is 260 g/mol. The number of hydrogen-bond acceptors (Lipinski definition) is 4. The lowest BCUT2D eigenvalue weighted by Crippen LogP contribution is -2.08. The Bertz CT molecular complexity index is 552. The summed E-state index contributed by atoms with van der Waals surface area (Å²) in [5, 5.41) is 2.18. The Morgan fingerprint density at radius 1 is 1.39 bits per heavy atom. The summed E-state index contributed by atoms with van der Waals surface area (Å²) in [6.45, 7) is 0.907. The number of nitrogen functional groups attached to an aromatic ring is 1. The molecule has 3 nitrogen and oxygen atoms in total. The highest BCUT2D eigenvalue weighted by Crippen LogP contribution is 2.33. The van der Waals surface area contributed by atoms with Crippen molar-refractivity contribution in [2.75, 3.05) is 18.1 Å². The second-order valence-corrected chi connectivity index (χ2v) is 5.58. The zero-order valence-electron chi connectivity index (χ0n) is 10.1. The molecule has 1 aliphatic heterocycles. The number of fused-ring (bicyclic) bond motifs is 1. The van der Waals surface area contributed by atoms with Crippen molar-refractivity contribution in [3.63, 3.8) is 0 Å². The third-order valence-electron chi connectivity index (χ3n) is 3.27. The first kappa shape index (κ1) is 11.8. The second-order valence-electron chi connectivity index (χ2n) is 4.52. The fourth-order valence-electron chi connectivity index (χ4n) is 2.26. The van der Waals surface area contributed by atoms with E-state index in [1.807, 2.05) is 12.3 Å². The van der Waals surface area contributed by atoms with Crippen molar-refractivity contribution in [2.45, 2.75) is 23.8 Å². The van der Waals surface area contributed by atoms with E-state index in [-0.39, 0.29) is 0 Å². The number of pyridine rings is 1. The van der Waals surface area contributed by atoms with E-state index in [2.05, 4.69) is 17.1 Å². The maximum absolute atomic E-state index is 6.21. The molecule has 1 aromatic heterocycles. The molecular formula is C14H16N2OS. The number of nitrogens with zero attached hydrogens (tertiary/aromatic N) is 1. The molecule has 1 aromatic carbocycles. The Morgan fingerprint density at radius 2 is 2.33 bits per heavy atom. The normalized spacial score (nSPS) is 19.4. The van der Waals surface area contributed by atoms with Crippen molar-refractivity contribution in [3.05, 3.63) is 30.6 Å². The molecule has 0 radical (unpaired) electrons. The molecule has 0 bridgehead atoms. The summed E-state index contributed by atoms with van der Waals surface area (Å²) in [7, 11) is 0. The minimum atomic E-state index is 0.391. The molecular weight excluding hydrogens is 244 g/mol. The number of nitrogens with two attached hydrogens (primary N) is 1. The number of rotatable bonds is 3. The van der Waals surface area contributed by atoms with Crippen molar-refractivity contribution in [3.8, 4) is 0 Å². The summed E-state index contributed by atoms with van der Waals surface area (Å²) in [4.78, 5) is 5.25. The van der Waals surface area contributed by atoms with E-state index in [1.54, 1.807) is 18.0 Å². The van der Waals surface area contributed by atoms with Crippen molar-refractivity contribution >= 4 is 28.2 Å². The van der Waals surface area contributed by atoms with Crippen LogP contribution in [0.15, 0.2) is 35.5 Å². The van der Waals surface area contributed by atoms with Crippen LogP contribution in [0, 0.1) is 0 Å². The van der Waals surface area contributed by atoms with E-state index in [0.717, 1.165) is 33.7 Å². The zero-order valence-corrected chi connectivity index (χ0v) is 11.0. The summed E-state index contributed by atoms with van der Waals surface area (Å²) in [6.07, 6.45) is 6.38. The van der Waals surface area contributed by atoms with Crippen LogP contribution >= 0.6 is 11.8 Å². The van der Waals surface area contributed by atoms with Crippen molar-refractivity contribution in [1.29, 1.82) is 0 Å². The molecule has 0 spiro atoms. The summed E-state index contributed by atoms with van der Waals surface area (Å²) in [6, 6.07) is 6.14. The van der Waals surface area contributed by atoms with Crippen molar-refractivity contribution in [1.82, 2.24) is 4.98 Å². The molecule has 1 saturated heterocycles. The van der Waals surface area contributed by atoms with E-state index >= 15 is 0 Å². The van der Waals surface area contributed by atoms with Crippen LogP contribution in [0.1, 0.15) is 12.8 Å². The van der Waals surface area contributed by atoms with Crippen LogP contribution < -0.4 is 5.73 Å². The smallest absolute Gasteiger partial charge is 0.0669 e. The average Bonchev–Trinajstić information content (AvgIpc) is 2.91. The van der Waals surface area contributed by atoms with Gasteiger partial charge < -0.3 is 10.5 Å². The van der Waals surface area contributed by atoms with Gasteiger partial charge in [-0.25, -0.2) is 0 Å². The summed E-state index contributed by atoms with van der Waals surface area (Å²) in [5.74, 6) is 0.987. The third-order valence-corrected chi connectivity index (χ3v) is 4.48. The number of thioether (sulfide) groups is 1. The predicted octanol–water partition coefficient (Wildman–Crippen LogP) is 3.09. The minimum absolute atomic E-state index is 0.391. The van der Waals surface area contributed by atoms with Gasteiger partial charge in [-0.2, -0.15) is 0 Å². The standard InChI is InChI=1S/C14H16N2OS/c15-14-12-5-6-16-8-10(12)3-4-13(14)18-9-11-2-1-7-17-11/h3-6,8,11H,1-2,7,9,15H2. The molecule has 4 heteroatoms. The van der Waals surface area contributed by atoms with Gasteiger partial charge in [-0.1, -0.05) is 6.07 Å². The highest BCUT2D eigenvalue weighted by molar-refractivity contribution is 7.99. The molecule has 1 fully saturated rings. The van der Waals surface area contributed by atoms with Crippen LogP contribution in [0.5, 0.6) is 0 Å². The summed E-state index contributed by atoms with van der Waals surface area (Å²) in [5.41, 5.74) is 7.07. The van der Waals surface area contributed by atoms with Gasteiger partial charge in [-0.05, 0) is 25.0 Å². The van der Waals surface area contributed by atoms with Gasteiger partial charge >= 0.3 is 0 Å². The van der Waals surface area contributed by atoms with Gasteiger partial charge in [0.1, 0.15) is 0 Å². The SMILES string of the molecule is Nc1c(SCC2CCCO2)ccc2cnccc12. The van der Waals surface area contributed by atoms with Gasteiger partial charge in [-0.3, -0.25) is 4.98 Å². The first-order valence-corrected chi connectivity index (χ1v) is 7.20. The molecule has 1 atom stereocenters. The number of ether oxygens (including phenoxy) is 1. The fraction of sp³-hybridized carbons (Fsp3) is 0.357. The topological polar surface area (TPSA) is 48.1 Å². The molecule has 1 aliphatic rings. The lowest BCUT2D eigenvalue weighted by molar-refractivity contribution is 0.129. The minimum Gasteiger partial charge on any atom is -0.397 e. The first-order chi connectivity index (χ1) is 8.84. The lowest BCUT2D eigenvalue weighted by Gasteiger charge is -2.11. The van der Waals surface area contributed by atoms with Gasteiger partial charge in [-0.15, -0.1) is 11.8 Å². The van der Waals surface area contributed by atoms with Gasteiger partial charge in [0.25, 0.3) is 0 Å². The third kappa shape index (κ3) is 2.31. The van der Waals surface area contributed by atoms with Crippen LogP contribution in [-0.4, -0.2) is 23.4 Å². The highest BCUT2D eigenvalue weighted by Gasteiger charge is 2.16. The highest BCUT2D eigenvalue weighted by atomic mass is 32.2. The summed E-state index contributed by atoms with van der Waals surface area (Å²) < 4.78 is 5.63. The number of benzene rings is 1. The van der Waals surface area contributed by atoms with E-state index in [9.17, 15) is 0 Å². The van der Waals surface area contributed by atoms with Crippen LogP contribution in [0.3, 0.4) is 0 Å². The Balaban J connectivity index is 1.81. The Labute approximate surface area is 111 Å². The van der Waals surface area contributed by atoms with Gasteiger partial charge in [0.15, 0.2) is 0 Å². The van der Waals surface area contributed by atoms with Gasteiger partial charge in [0.2, 0.25) is 0 Å². The largest absolute Gasteiger partial charge is 0.397 e. The quantitative estimate of drug-likeness (QED) is 0.680. The Hall–Kier alpha value is -1.26. The number of aromatic nitrogens is 1. The summed E-state index contributed by atoms with van der Waals surface area (Å²) >= 11 is 1.79. The first-order valence-electron chi connectivity index (χ1n) is 6.21. The maximum atomic E-state index is 6.21. The molecule has 18 heavy (non-hydrogen) atoms.